The van der Waals surface area contributed by atoms with Gasteiger partial charge in [0.1, 0.15) is 5.75 Å². The Kier molecular flexibility index (Phi) is 6.60. The first-order valence-corrected chi connectivity index (χ1v) is 7.75. The van der Waals surface area contributed by atoms with E-state index in [1.807, 2.05) is 0 Å². The molecule has 1 amide bonds. The van der Waals surface area contributed by atoms with Gasteiger partial charge in [0.2, 0.25) is 5.91 Å². The molecule has 1 aliphatic rings. The van der Waals surface area contributed by atoms with Crippen LogP contribution in [-0.4, -0.2) is 37.4 Å². The lowest BCUT2D eigenvalue weighted by atomic mass is 9.98. The van der Waals surface area contributed by atoms with Gasteiger partial charge in [-0.25, -0.2) is 8.42 Å². The van der Waals surface area contributed by atoms with Crippen LogP contribution in [0.15, 0.2) is 0 Å². The zero-order chi connectivity index (χ0) is 13.1. The van der Waals surface area contributed by atoms with Gasteiger partial charge in [0.15, 0.2) is 9.84 Å². The Hall–Kier alpha value is -0.330. The van der Waals surface area contributed by atoms with Crippen molar-refractivity contribution in [2.45, 2.75) is 50.3 Å². The molecule has 0 bridgehead atoms. The highest BCUT2D eigenvalue weighted by Crippen LogP contribution is 2.28. The summed E-state index contributed by atoms with van der Waals surface area (Å²) in [6, 6.07) is 0. The predicted molar refractivity (Wildman–Crippen MR) is 74.6 cm³/mol. The Bertz CT molecular complexity index is 376. The van der Waals surface area contributed by atoms with E-state index in [9.17, 15) is 13.2 Å². The first kappa shape index (κ1) is 17.7. The number of nitrogens with one attached hydrogen (secondary N) is 1. The molecular weight excluding hydrogens is 276 g/mol. The van der Waals surface area contributed by atoms with Crippen molar-refractivity contribution >= 4 is 28.2 Å². The summed E-state index contributed by atoms with van der Waals surface area (Å²) in [7, 11) is -3.33. The summed E-state index contributed by atoms with van der Waals surface area (Å²) in [5, 5.41) is 2.29. The SMILES string of the molecule is CC(C)S(=O)(=O)CC(=O)NC1(CN)CCCC1.Cl. The van der Waals surface area contributed by atoms with E-state index in [1.54, 1.807) is 13.8 Å². The third kappa shape index (κ3) is 4.40. The molecule has 0 aromatic rings. The van der Waals surface area contributed by atoms with Gasteiger partial charge in [-0.2, -0.15) is 0 Å². The molecule has 0 unspecified atom stereocenters. The molecule has 7 heteroatoms. The molecule has 108 valence electrons. The number of rotatable bonds is 5. The van der Waals surface area contributed by atoms with E-state index < -0.39 is 26.7 Å². The molecule has 0 spiro atoms. The summed E-state index contributed by atoms with van der Waals surface area (Å²) in [6.07, 6.45) is 3.76. The molecule has 0 saturated heterocycles. The Morgan fingerprint density at radius 1 is 1.33 bits per heavy atom. The molecule has 1 saturated carbocycles. The predicted octanol–water partition coefficient (Wildman–Crippen LogP) is 0.619. The van der Waals surface area contributed by atoms with Crippen molar-refractivity contribution in [1.29, 1.82) is 0 Å². The average molecular weight is 299 g/mol. The zero-order valence-electron chi connectivity index (χ0n) is 10.9. The summed E-state index contributed by atoms with van der Waals surface area (Å²) in [4.78, 5) is 11.7. The molecule has 3 N–H and O–H groups in total. The Labute approximate surface area is 115 Å². The Morgan fingerprint density at radius 3 is 2.22 bits per heavy atom. The van der Waals surface area contributed by atoms with Crippen molar-refractivity contribution in [2.75, 3.05) is 12.3 Å². The molecule has 18 heavy (non-hydrogen) atoms. The number of hydrogen-bond acceptors (Lipinski definition) is 4. The molecule has 1 fully saturated rings. The monoisotopic (exact) mass is 298 g/mol. The van der Waals surface area contributed by atoms with Gasteiger partial charge in [-0.1, -0.05) is 12.8 Å². The fraction of sp³-hybridized carbons (Fsp3) is 0.909. The van der Waals surface area contributed by atoms with E-state index in [-0.39, 0.29) is 17.9 Å². The normalized spacial score (nSPS) is 18.4. The molecule has 0 heterocycles. The molecule has 1 aliphatic carbocycles. The maximum absolute atomic E-state index is 11.7. The van der Waals surface area contributed by atoms with Crippen LogP contribution in [0.2, 0.25) is 0 Å². The molecule has 0 radical (unpaired) electrons. The standard InChI is InChI=1S/C11H22N2O3S.ClH/c1-9(2)17(15,16)7-10(14)13-11(8-12)5-3-4-6-11;/h9H,3-8,12H2,1-2H3,(H,13,14);1H. The summed E-state index contributed by atoms with van der Waals surface area (Å²) in [5.74, 6) is -0.863. The van der Waals surface area contributed by atoms with Gasteiger partial charge in [-0.15, -0.1) is 12.4 Å². The van der Waals surface area contributed by atoms with Crippen molar-refractivity contribution in [2.24, 2.45) is 5.73 Å². The third-order valence-corrected chi connectivity index (χ3v) is 5.51. The molecule has 1 rings (SSSR count). The highest BCUT2D eigenvalue weighted by molar-refractivity contribution is 7.92. The minimum atomic E-state index is -3.33. The van der Waals surface area contributed by atoms with Crippen LogP contribution in [0, 0.1) is 0 Å². The van der Waals surface area contributed by atoms with Gasteiger partial charge in [0, 0.05) is 6.54 Å². The second-order valence-electron chi connectivity index (χ2n) is 5.10. The van der Waals surface area contributed by atoms with E-state index in [2.05, 4.69) is 5.32 Å². The number of carbonyl (C=O) groups excluding carboxylic acids is 1. The average Bonchev–Trinajstić information content (AvgIpc) is 2.65. The van der Waals surface area contributed by atoms with Gasteiger partial charge >= 0.3 is 0 Å². The summed E-state index contributed by atoms with van der Waals surface area (Å²) in [5.41, 5.74) is 5.31. The molecule has 0 aromatic carbocycles. The minimum Gasteiger partial charge on any atom is -0.349 e. The van der Waals surface area contributed by atoms with Gasteiger partial charge in [0.25, 0.3) is 0 Å². The van der Waals surface area contributed by atoms with Gasteiger partial charge < -0.3 is 11.1 Å². The van der Waals surface area contributed by atoms with Crippen molar-refractivity contribution in [3.8, 4) is 0 Å². The fourth-order valence-electron chi connectivity index (χ4n) is 2.11. The van der Waals surface area contributed by atoms with E-state index >= 15 is 0 Å². The maximum atomic E-state index is 11.7. The molecule has 0 atom stereocenters. The highest BCUT2D eigenvalue weighted by atomic mass is 35.5. The van der Waals surface area contributed by atoms with Crippen LogP contribution >= 0.6 is 12.4 Å². The van der Waals surface area contributed by atoms with E-state index in [1.165, 1.54) is 0 Å². The maximum Gasteiger partial charge on any atom is 0.235 e. The molecule has 0 aliphatic heterocycles. The highest BCUT2D eigenvalue weighted by Gasteiger charge is 2.35. The number of carbonyl (C=O) groups is 1. The van der Waals surface area contributed by atoms with Crippen molar-refractivity contribution in [3.63, 3.8) is 0 Å². The van der Waals surface area contributed by atoms with Crippen LogP contribution in [0.4, 0.5) is 0 Å². The number of sulfone groups is 1. The fourth-order valence-corrected chi connectivity index (χ4v) is 2.88. The zero-order valence-corrected chi connectivity index (χ0v) is 12.6. The lowest BCUT2D eigenvalue weighted by molar-refractivity contribution is -0.120. The quantitative estimate of drug-likeness (QED) is 0.778. The molecule has 5 nitrogen and oxygen atoms in total. The van der Waals surface area contributed by atoms with E-state index in [4.69, 9.17) is 5.73 Å². The van der Waals surface area contributed by atoms with Crippen LogP contribution < -0.4 is 11.1 Å². The minimum absolute atomic E-state index is 0. The summed E-state index contributed by atoms with van der Waals surface area (Å²) < 4.78 is 23.2. The molecule has 0 aromatic heterocycles. The topological polar surface area (TPSA) is 89.3 Å². The largest absolute Gasteiger partial charge is 0.349 e. The van der Waals surface area contributed by atoms with E-state index in [0.717, 1.165) is 25.7 Å². The first-order chi connectivity index (χ1) is 7.81. The number of halogens is 1. The molecular formula is C11H23ClN2O3S. The van der Waals surface area contributed by atoms with Crippen LogP contribution in [0.1, 0.15) is 39.5 Å². The van der Waals surface area contributed by atoms with Gasteiger partial charge in [0.05, 0.1) is 10.8 Å². The second kappa shape index (κ2) is 6.73. The third-order valence-electron chi connectivity index (χ3n) is 3.41. The number of nitrogens with two attached hydrogens (primary N) is 1. The Morgan fingerprint density at radius 2 is 1.83 bits per heavy atom. The summed E-state index contributed by atoms with van der Waals surface area (Å²) >= 11 is 0. The van der Waals surface area contributed by atoms with Crippen LogP contribution in [-0.2, 0) is 14.6 Å². The van der Waals surface area contributed by atoms with Gasteiger partial charge in [-0.05, 0) is 26.7 Å². The lowest BCUT2D eigenvalue weighted by Crippen LogP contribution is -2.53. The van der Waals surface area contributed by atoms with Crippen LogP contribution in [0.3, 0.4) is 0 Å². The first-order valence-electron chi connectivity index (χ1n) is 6.04. The van der Waals surface area contributed by atoms with Gasteiger partial charge in [-0.3, -0.25) is 4.79 Å². The Balaban J connectivity index is 0.00000289. The smallest absolute Gasteiger partial charge is 0.235 e. The van der Waals surface area contributed by atoms with Crippen molar-refractivity contribution in [3.05, 3.63) is 0 Å². The number of hydrogen-bond donors (Lipinski definition) is 2. The van der Waals surface area contributed by atoms with Crippen LogP contribution in [0.25, 0.3) is 0 Å². The van der Waals surface area contributed by atoms with E-state index in [0.29, 0.717) is 6.54 Å². The number of amides is 1. The van der Waals surface area contributed by atoms with Crippen molar-refractivity contribution < 1.29 is 13.2 Å². The lowest BCUT2D eigenvalue weighted by Gasteiger charge is -2.28. The summed E-state index contributed by atoms with van der Waals surface area (Å²) in [6.45, 7) is 3.54. The second-order valence-corrected chi connectivity index (χ2v) is 7.65. The van der Waals surface area contributed by atoms with Crippen LogP contribution in [0.5, 0.6) is 0 Å². The van der Waals surface area contributed by atoms with Crippen molar-refractivity contribution in [1.82, 2.24) is 5.32 Å².